The van der Waals surface area contributed by atoms with Crippen molar-refractivity contribution >= 4 is 5.91 Å². The molecule has 1 aliphatic rings. The lowest BCUT2D eigenvalue weighted by Gasteiger charge is -2.24. The Kier molecular flexibility index (Phi) is 5.92. The van der Waals surface area contributed by atoms with E-state index >= 15 is 0 Å². The van der Waals surface area contributed by atoms with Gasteiger partial charge in [-0.15, -0.1) is 0 Å². The van der Waals surface area contributed by atoms with Crippen LogP contribution in [0.25, 0.3) is 0 Å². The molecule has 0 aromatic heterocycles. The van der Waals surface area contributed by atoms with Gasteiger partial charge < -0.3 is 16.2 Å². The third-order valence-corrected chi connectivity index (χ3v) is 3.37. The molecule has 2 unspecified atom stereocenters. The second kappa shape index (κ2) is 6.97. The van der Waals surface area contributed by atoms with Crippen molar-refractivity contribution in [2.45, 2.75) is 70.6 Å². The third kappa shape index (κ3) is 5.04. The quantitative estimate of drug-likeness (QED) is 0.648. The second-order valence-electron chi connectivity index (χ2n) is 5.56. The van der Waals surface area contributed by atoms with Gasteiger partial charge in [0.2, 0.25) is 5.91 Å². The maximum atomic E-state index is 11.9. The van der Waals surface area contributed by atoms with Gasteiger partial charge in [0.1, 0.15) is 0 Å². The molecule has 1 amide bonds. The standard InChI is InChI=1S/C13H26N2O2/c1-9(2)8-10(14)13(17)15-11-6-4-3-5-7-12(11)16/h9-12,16H,3-8,14H2,1-2H3,(H,15,17)/t10-,11?,12?/m1/s1. The van der Waals surface area contributed by atoms with Gasteiger partial charge in [0.15, 0.2) is 0 Å². The van der Waals surface area contributed by atoms with E-state index in [1.807, 2.05) is 13.8 Å². The molecule has 100 valence electrons. The molecule has 17 heavy (non-hydrogen) atoms. The Balaban J connectivity index is 2.42. The Hall–Kier alpha value is -0.610. The van der Waals surface area contributed by atoms with Crippen molar-refractivity contribution in [2.75, 3.05) is 0 Å². The molecule has 0 aromatic rings. The minimum absolute atomic E-state index is 0.108. The zero-order valence-electron chi connectivity index (χ0n) is 11.0. The molecule has 1 rings (SSSR count). The van der Waals surface area contributed by atoms with Gasteiger partial charge in [-0.25, -0.2) is 0 Å². The van der Waals surface area contributed by atoms with E-state index in [-0.39, 0.29) is 11.9 Å². The number of hydrogen-bond donors (Lipinski definition) is 3. The average molecular weight is 242 g/mol. The van der Waals surface area contributed by atoms with Crippen molar-refractivity contribution in [3.63, 3.8) is 0 Å². The van der Waals surface area contributed by atoms with E-state index in [1.54, 1.807) is 0 Å². The number of nitrogens with one attached hydrogen (secondary N) is 1. The highest BCUT2D eigenvalue weighted by molar-refractivity contribution is 5.81. The highest BCUT2D eigenvalue weighted by Crippen LogP contribution is 2.18. The summed E-state index contributed by atoms with van der Waals surface area (Å²) >= 11 is 0. The van der Waals surface area contributed by atoms with Gasteiger partial charge in [-0.1, -0.05) is 33.1 Å². The number of carbonyl (C=O) groups is 1. The van der Waals surface area contributed by atoms with Crippen LogP contribution in [0.15, 0.2) is 0 Å². The molecule has 0 spiro atoms. The van der Waals surface area contributed by atoms with E-state index in [1.165, 1.54) is 0 Å². The highest BCUT2D eigenvalue weighted by Gasteiger charge is 2.25. The minimum Gasteiger partial charge on any atom is -0.391 e. The zero-order chi connectivity index (χ0) is 12.8. The van der Waals surface area contributed by atoms with Gasteiger partial charge in [0.25, 0.3) is 0 Å². The van der Waals surface area contributed by atoms with E-state index < -0.39 is 12.1 Å². The van der Waals surface area contributed by atoms with Crippen LogP contribution >= 0.6 is 0 Å². The first-order valence-corrected chi connectivity index (χ1v) is 6.74. The SMILES string of the molecule is CC(C)C[C@@H](N)C(=O)NC1CCCCCC1O. The normalized spacial score (nSPS) is 27.6. The molecular weight excluding hydrogens is 216 g/mol. The predicted molar refractivity (Wildman–Crippen MR) is 68.5 cm³/mol. The Morgan fingerprint density at radius 2 is 2.00 bits per heavy atom. The highest BCUT2D eigenvalue weighted by atomic mass is 16.3. The fourth-order valence-electron chi connectivity index (χ4n) is 2.36. The van der Waals surface area contributed by atoms with Crippen LogP contribution in [0.3, 0.4) is 0 Å². The fraction of sp³-hybridized carbons (Fsp3) is 0.923. The maximum Gasteiger partial charge on any atom is 0.237 e. The summed E-state index contributed by atoms with van der Waals surface area (Å²) in [7, 11) is 0. The zero-order valence-corrected chi connectivity index (χ0v) is 11.0. The van der Waals surface area contributed by atoms with Gasteiger partial charge >= 0.3 is 0 Å². The van der Waals surface area contributed by atoms with Crippen LogP contribution in [0.1, 0.15) is 52.4 Å². The summed E-state index contributed by atoms with van der Waals surface area (Å²) in [5.74, 6) is 0.291. The molecule has 4 heteroatoms. The summed E-state index contributed by atoms with van der Waals surface area (Å²) in [5.41, 5.74) is 5.83. The summed E-state index contributed by atoms with van der Waals surface area (Å²) in [4.78, 5) is 11.9. The van der Waals surface area contributed by atoms with Crippen LogP contribution in [0, 0.1) is 5.92 Å². The summed E-state index contributed by atoms with van der Waals surface area (Å²) in [5, 5.41) is 12.8. The van der Waals surface area contributed by atoms with Gasteiger partial charge in [-0.3, -0.25) is 4.79 Å². The Bertz CT molecular complexity index is 244. The molecule has 0 bridgehead atoms. The maximum absolute atomic E-state index is 11.9. The van der Waals surface area contributed by atoms with Gasteiger partial charge in [-0.2, -0.15) is 0 Å². The van der Waals surface area contributed by atoms with Crippen molar-refractivity contribution in [3.05, 3.63) is 0 Å². The number of aliphatic hydroxyl groups excluding tert-OH is 1. The molecule has 0 radical (unpaired) electrons. The average Bonchev–Trinajstić information content (AvgIpc) is 2.43. The summed E-state index contributed by atoms with van der Waals surface area (Å²) in [6, 6.07) is -0.561. The predicted octanol–water partition coefficient (Wildman–Crippen LogP) is 1.17. The van der Waals surface area contributed by atoms with Crippen LogP contribution in [0.2, 0.25) is 0 Å². The summed E-state index contributed by atoms with van der Waals surface area (Å²) in [6.45, 7) is 4.10. The van der Waals surface area contributed by atoms with Gasteiger partial charge in [0, 0.05) is 0 Å². The lowest BCUT2D eigenvalue weighted by Crippen LogP contribution is -2.49. The summed E-state index contributed by atoms with van der Waals surface area (Å²) in [6.07, 6.45) is 5.18. The first-order chi connectivity index (χ1) is 8.00. The second-order valence-corrected chi connectivity index (χ2v) is 5.56. The number of nitrogens with two attached hydrogens (primary N) is 1. The molecule has 0 saturated heterocycles. The monoisotopic (exact) mass is 242 g/mol. The van der Waals surface area contributed by atoms with Crippen LogP contribution in [-0.2, 0) is 4.79 Å². The van der Waals surface area contributed by atoms with Crippen molar-refractivity contribution in [2.24, 2.45) is 11.7 Å². The van der Waals surface area contributed by atoms with Crippen molar-refractivity contribution < 1.29 is 9.90 Å². The van der Waals surface area contributed by atoms with E-state index in [0.29, 0.717) is 12.3 Å². The van der Waals surface area contributed by atoms with E-state index in [2.05, 4.69) is 5.32 Å². The number of rotatable bonds is 4. The Morgan fingerprint density at radius 3 is 2.65 bits per heavy atom. The molecule has 1 fully saturated rings. The smallest absolute Gasteiger partial charge is 0.237 e. The molecule has 0 heterocycles. The fourth-order valence-corrected chi connectivity index (χ4v) is 2.36. The largest absolute Gasteiger partial charge is 0.391 e. The van der Waals surface area contributed by atoms with Crippen molar-refractivity contribution in [3.8, 4) is 0 Å². The number of carbonyl (C=O) groups excluding carboxylic acids is 1. The lowest BCUT2D eigenvalue weighted by atomic mass is 10.0. The molecule has 4 N–H and O–H groups in total. The molecular formula is C13H26N2O2. The lowest BCUT2D eigenvalue weighted by molar-refractivity contribution is -0.124. The third-order valence-electron chi connectivity index (χ3n) is 3.37. The number of amides is 1. The van der Waals surface area contributed by atoms with Crippen LogP contribution in [-0.4, -0.2) is 29.2 Å². The van der Waals surface area contributed by atoms with Crippen LogP contribution in [0.5, 0.6) is 0 Å². The number of hydrogen-bond acceptors (Lipinski definition) is 3. The molecule has 1 saturated carbocycles. The van der Waals surface area contributed by atoms with Crippen LogP contribution in [0.4, 0.5) is 0 Å². The molecule has 0 aromatic carbocycles. The Morgan fingerprint density at radius 1 is 1.35 bits per heavy atom. The minimum atomic E-state index is -0.453. The van der Waals surface area contributed by atoms with Gasteiger partial charge in [-0.05, 0) is 25.2 Å². The van der Waals surface area contributed by atoms with Crippen LogP contribution < -0.4 is 11.1 Å². The first kappa shape index (κ1) is 14.5. The van der Waals surface area contributed by atoms with E-state index in [9.17, 15) is 9.90 Å². The van der Waals surface area contributed by atoms with E-state index in [0.717, 1.165) is 32.1 Å². The van der Waals surface area contributed by atoms with Crippen molar-refractivity contribution in [1.82, 2.24) is 5.32 Å². The topological polar surface area (TPSA) is 75.4 Å². The molecule has 0 aliphatic heterocycles. The molecule has 3 atom stereocenters. The number of aliphatic hydroxyl groups is 1. The summed E-state index contributed by atoms with van der Waals surface area (Å²) < 4.78 is 0. The molecule has 4 nitrogen and oxygen atoms in total. The molecule has 1 aliphatic carbocycles. The van der Waals surface area contributed by atoms with Gasteiger partial charge in [0.05, 0.1) is 18.2 Å². The van der Waals surface area contributed by atoms with E-state index in [4.69, 9.17) is 5.73 Å². The Labute approximate surface area is 104 Å². The first-order valence-electron chi connectivity index (χ1n) is 6.74. The van der Waals surface area contributed by atoms with Crippen molar-refractivity contribution in [1.29, 1.82) is 0 Å².